The monoisotopic (exact) mass is 311 g/mol. The summed E-state index contributed by atoms with van der Waals surface area (Å²) in [7, 11) is 3.67. The van der Waals surface area contributed by atoms with E-state index in [2.05, 4.69) is 39.9 Å². The third kappa shape index (κ3) is 2.67. The topological polar surface area (TPSA) is 26.8 Å². The number of amides is 2. The fourth-order valence-corrected chi connectivity index (χ4v) is 2.46. The first-order valence-corrected chi connectivity index (χ1v) is 6.74. The second-order valence-electron chi connectivity index (χ2n) is 4.78. The maximum atomic E-state index is 11.7. The molecule has 1 fully saturated rings. The zero-order valence-corrected chi connectivity index (χ0v) is 12.5. The Hall–Kier alpha value is -1.07. The summed E-state index contributed by atoms with van der Waals surface area (Å²) in [4.78, 5) is 17.4. The number of rotatable bonds is 2. The Balaban J connectivity index is 2.12. The van der Waals surface area contributed by atoms with Gasteiger partial charge in [0.25, 0.3) is 0 Å². The molecule has 0 radical (unpaired) electrons. The molecule has 0 N–H and O–H groups in total. The maximum Gasteiger partial charge on any atom is 0.321 e. The Morgan fingerprint density at radius 2 is 1.61 bits per heavy atom. The highest BCUT2D eigenvalue weighted by molar-refractivity contribution is 9.10. The quantitative estimate of drug-likeness (QED) is 0.839. The molecule has 1 aliphatic heterocycles. The number of carbonyl (C=O) groups is 1. The summed E-state index contributed by atoms with van der Waals surface area (Å²) in [5.74, 6) is 0. The van der Waals surface area contributed by atoms with E-state index in [9.17, 15) is 4.79 Å². The Labute approximate surface area is 116 Å². The fourth-order valence-electron chi connectivity index (χ4n) is 2.20. The van der Waals surface area contributed by atoms with E-state index in [1.807, 2.05) is 26.2 Å². The summed E-state index contributed by atoms with van der Waals surface area (Å²) in [6.45, 7) is 3.50. The predicted molar refractivity (Wildman–Crippen MR) is 75.1 cm³/mol. The van der Waals surface area contributed by atoms with E-state index >= 15 is 0 Å². The molecule has 1 aromatic rings. The first kappa shape index (κ1) is 13.4. The van der Waals surface area contributed by atoms with Crippen molar-refractivity contribution in [2.24, 2.45) is 0 Å². The van der Waals surface area contributed by atoms with Gasteiger partial charge in [0.05, 0.1) is 13.3 Å². The van der Waals surface area contributed by atoms with Crippen molar-refractivity contribution in [2.75, 3.05) is 27.4 Å². The van der Waals surface area contributed by atoms with Crippen LogP contribution in [0.25, 0.3) is 0 Å². The molecule has 0 aliphatic carbocycles. The van der Waals surface area contributed by atoms with Crippen LogP contribution in [0.3, 0.4) is 0 Å². The summed E-state index contributed by atoms with van der Waals surface area (Å²) in [5.41, 5.74) is 1.26. The lowest BCUT2D eigenvalue weighted by atomic mass is 10.1. The third-order valence-corrected chi connectivity index (χ3v) is 3.87. The molecular weight excluding hydrogens is 294 g/mol. The van der Waals surface area contributed by atoms with Crippen LogP contribution in [-0.4, -0.2) is 48.2 Å². The van der Waals surface area contributed by atoms with Crippen molar-refractivity contribution < 1.29 is 4.79 Å². The van der Waals surface area contributed by atoms with Gasteiger partial charge < -0.3 is 9.80 Å². The molecule has 0 aromatic heterocycles. The zero-order chi connectivity index (χ0) is 13.3. The number of halogens is 1. The van der Waals surface area contributed by atoms with Crippen LogP contribution in [0, 0.1) is 0 Å². The van der Waals surface area contributed by atoms with Gasteiger partial charge >= 0.3 is 6.03 Å². The number of hydrogen-bond acceptors (Lipinski definition) is 2. The van der Waals surface area contributed by atoms with E-state index in [1.54, 1.807) is 9.80 Å². The van der Waals surface area contributed by atoms with Gasteiger partial charge in [-0.05, 0) is 24.6 Å². The molecule has 98 valence electrons. The first-order valence-electron chi connectivity index (χ1n) is 5.95. The van der Waals surface area contributed by atoms with Crippen LogP contribution < -0.4 is 0 Å². The molecule has 1 saturated heterocycles. The van der Waals surface area contributed by atoms with Crippen molar-refractivity contribution in [2.45, 2.75) is 13.0 Å². The van der Waals surface area contributed by atoms with Crippen LogP contribution in [0.4, 0.5) is 4.79 Å². The molecule has 1 aromatic carbocycles. The fraction of sp³-hybridized carbons (Fsp3) is 0.462. The van der Waals surface area contributed by atoms with Crippen molar-refractivity contribution in [3.8, 4) is 0 Å². The van der Waals surface area contributed by atoms with Gasteiger partial charge in [-0.3, -0.25) is 4.90 Å². The van der Waals surface area contributed by atoms with Crippen LogP contribution in [0.5, 0.6) is 0 Å². The number of hydrogen-bond donors (Lipinski definition) is 0. The largest absolute Gasteiger partial charge is 0.321 e. The molecule has 1 aliphatic rings. The van der Waals surface area contributed by atoms with Gasteiger partial charge in [-0.25, -0.2) is 4.79 Å². The SMILES string of the molecule is C[C@H](c1ccc(Br)cc1)N1CN(C)C(=O)N(C)C1. The lowest BCUT2D eigenvalue weighted by Crippen LogP contribution is -2.55. The maximum absolute atomic E-state index is 11.7. The van der Waals surface area contributed by atoms with E-state index in [1.165, 1.54) is 5.56 Å². The van der Waals surface area contributed by atoms with E-state index in [-0.39, 0.29) is 12.1 Å². The molecule has 0 spiro atoms. The Kier molecular flexibility index (Phi) is 3.92. The molecule has 0 saturated carbocycles. The second kappa shape index (κ2) is 5.28. The van der Waals surface area contributed by atoms with E-state index < -0.39 is 0 Å². The predicted octanol–water partition coefficient (Wildman–Crippen LogP) is 2.72. The average Bonchev–Trinajstić information content (AvgIpc) is 2.35. The first-order chi connectivity index (χ1) is 8.49. The van der Waals surface area contributed by atoms with Crippen molar-refractivity contribution in [1.29, 1.82) is 0 Å². The van der Waals surface area contributed by atoms with Crippen LogP contribution >= 0.6 is 15.9 Å². The minimum Gasteiger partial charge on any atom is -0.315 e. The van der Waals surface area contributed by atoms with Crippen LogP contribution in [0.2, 0.25) is 0 Å². The highest BCUT2D eigenvalue weighted by Gasteiger charge is 2.28. The number of carbonyl (C=O) groups excluding carboxylic acids is 1. The molecule has 18 heavy (non-hydrogen) atoms. The molecule has 0 bridgehead atoms. The summed E-state index contributed by atoms with van der Waals surface area (Å²) in [6.07, 6.45) is 0. The van der Waals surface area contributed by atoms with Gasteiger partial charge in [-0.1, -0.05) is 28.1 Å². The summed E-state index contributed by atoms with van der Waals surface area (Å²) in [5, 5.41) is 0. The number of urea groups is 1. The second-order valence-corrected chi connectivity index (χ2v) is 5.69. The zero-order valence-electron chi connectivity index (χ0n) is 10.9. The molecule has 1 heterocycles. The highest BCUT2D eigenvalue weighted by Crippen LogP contribution is 2.24. The Bertz CT molecular complexity index is 420. The van der Waals surface area contributed by atoms with Gasteiger partial charge in [0, 0.05) is 24.6 Å². The van der Waals surface area contributed by atoms with Crippen LogP contribution in [-0.2, 0) is 0 Å². The van der Waals surface area contributed by atoms with Gasteiger partial charge in [0.2, 0.25) is 0 Å². The number of benzene rings is 1. The molecule has 2 rings (SSSR count). The molecule has 2 amide bonds. The van der Waals surface area contributed by atoms with E-state index in [0.29, 0.717) is 13.3 Å². The highest BCUT2D eigenvalue weighted by atomic mass is 79.9. The van der Waals surface area contributed by atoms with Crippen LogP contribution in [0.15, 0.2) is 28.7 Å². The molecule has 5 heteroatoms. The molecule has 0 unspecified atom stereocenters. The van der Waals surface area contributed by atoms with Gasteiger partial charge in [-0.2, -0.15) is 0 Å². The average molecular weight is 312 g/mol. The minimum atomic E-state index is 0.0780. The molecular formula is C13H18BrN3O. The lowest BCUT2D eigenvalue weighted by Gasteiger charge is -2.41. The minimum absolute atomic E-state index is 0.0780. The van der Waals surface area contributed by atoms with Gasteiger partial charge in [0.15, 0.2) is 0 Å². The van der Waals surface area contributed by atoms with Crippen molar-refractivity contribution >= 4 is 22.0 Å². The van der Waals surface area contributed by atoms with E-state index in [0.717, 1.165) is 4.47 Å². The third-order valence-electron chi connectivity index (χ3n) is 3.34. The van der Waals surface area contributed by atoms with E-state index in [4.69, 9.17) is 0 Å². The standard InChI is InChI=1S/C13H18BrN3O/c1-10(11-4-6-12(14)7-5-11)17-8-15(2)13(18)16(3)9-17/h4-7,10H,8-9H2,1-3H3/t10-/m1/s1. The van der Waals surface area contributed by atoms with Crippen molar-refractivity contribution in [3.05, 3.63) is 34.3 Å². The molecule has 1 atom stereocenters. The Morgan fingerprint density at radius 1 is 1.11 bits per heavy atom. The van der Waals surface area contributed by atoms with Crippen molar-refractivity contribution in [1.82, 2.24) is 14.7 Å². The Morgan fingerprint density at radius 3 is 2.11 bits per heavy atom. The molecule has 4 nitrogen and oxygen atoms in total. The van der Waals surface area contributed by atoms with Crippen LogP contribution in [0.1, 0.15) is 18.5 Å². The summed E-state index contributed by atoms with van der Waals surface area (Å²) >= 11 is 3.44. The van der Waals surface area contributed by atoms with Gasteiger partial charge in [0.1, 0.15) is 0 Å². The lowest BCUT2D eigenvalue weighted by molar-refractivity contribution is 0.0319. The van der Waals surface area contributed by atoms with Crippen molar-refractivity contribution in [3.63, 3.8) is 0 Å². The summed E-state index contributed by atoms with van der Waals surface area (Å²) in [6, 6.07) is 8.70. The normalized spacial score (nSPS) is 19.2. The smallest absolute Gasteiger partial charge is 0.315 e. The van der Waals surface area contributed by atoms with Gasteiger partial charge in [-0.15, -0.1) is 0 Å². The summed E-state index contributed by atoms with van der Waals surface area (Å²) < 4.78 is 1.08. The number of nitrogens with zero attached hydrogens (tertiary/aromatic N) is 3.